The second-order valence-corrected chi connectivity index (χ2v) is 10.0. The predicted octanol–water partition coefficient (Wildman–Crippen LogP) is 3.22. The molecule has 0 saturated carbocycles. The van der Waals surface area contributed by atoms with Gasteiger partial charge in [-0.05, 0) is 47.4 Å². The Bertz CT molecular complexity index is 1370. The van der Waals surface area contributed by atoms with Crippen LogP contribution in [0.3, 0.4) is 0 Å². The van der Waals surface area contributed by atoms with E-state index in [1.807, 2.05) is 49.4 Å². The normalized spacial score (nSPS) is 18.7. The van der Waals surface area contributed by atoms with E-state index in [0.717, 1.165) is 16.3 Å². The average Bonchev–Trinajstić information content (AvgIpc) is 3.01. The number of amides is 4. The molecule has 1 saturated heterocycles. The van der Waals surface area contributed by atoms with Crippen molar-refractivity contribution in [2.45, 2.75) is 44.8 Å². The highest BCUT2D eigenvalue weighted by Gasteiger charge is 2.43. The summed E-state index contributed by atoms with van der Waals surface area (Å²) >= 11 is 6.27. The average molecular weight is 535 g/mol. The molecule has 9 heteroatoms. The zero-order valence-corrected chi connectivity index (χ0v) is 22.1. The molecule has 0 radical (unpaired) electrons. The minimum absolute atomic E-state index is 0.235. The number of hydrogen-bond acceptors (Lipinski definition) is 4. The maximum Gasteiger partial charge on any atom is 0.250 e. The van der Waals surface area contributed by atoms with Crippen LogP contribution in [-0.4, -0.2) is 58.6 Å². The molecule has 0 bridgehead atoms. The summed E-state index contributed by atoms with van der Waals surface area (Å²) in [6.07, 6.45) is 0.660. The van der Waals surface area contributed by atoms with Gasteiger partial charge < -0.3 is 20.9 Å². The zero-order valence-electron chi connectivity index (χ0n) is 21.4. The quantitative estimate of drug-likeness (QED) is 0.484. The van der Waals surface area contributed by atoms with E-state index in [2.05, 4.69) is 5.32 Å². The monoisotopic (exact) mass is 534 g/mol. The molecule has 3 aromatic carbocycles. The Kier molecular flexibility index (Phi) is 8.32. The number of primary amides is 1. The molecule has 3 atom stereocenters. The van der Waals surface area contributed by atoms with E-state index < -0.39 is 29.8 Å². The van der Waals surface area contributed by atoms with Crippen molar-refractivity contribution >= 4 is 46.0 Å². The fraction of sp³-hybridized carbons (Fsp3) is 0.310. The van der Waals surface area contributed by atoms with Gasteiger partial charge in [-0.3, -0.25) is 19.2 Å². The third-order valence-electron chi connectivity index (χ3n) is 7.00. The van der Waals surface area contributed by atoms with Crippen LogP contribution in [-0.2, 0) is 25.6 Å². The number of carbonyl (C=O) groups excluding carboxylic acids is 4. The molecule has 198 valence electrons. The lowest BCUT2D eigenvalue weighted by Gasteiger charge is -2.36. The maximum absolute atomic E-state index is 14.2. The predicted molar refractivity (Wildman–Crippen MR) is 146 cm³/mol. The molecular formula is C29H31ClN4O4. The van der Waals surface area contributed by atoms with Crippen LogP contribution in [0.15, 0.2) is 66.7 Å². The van der Waals surface area contributed by atoms with E-state index in [0.29, 0.717) is 17.0 Å². The lowest BCUT2D eigenvalue weighted by atomic mass is 9.96. The van der Waals surface area contributed by atoms with Crippen molar-refractivity contribution < 1.29 is 19.2 Å². The number of fused-ring (bicyclic) bond motifs is 1. The summed E-state index contributed by atoms with van der Waals surface area (Å²) in [4.78, 5) is 54.9. The molecule has 1 aliphatic rings. The Labute approximate surface area is 226 Å². The molecule has 8 nitrogen and oxygen atoms in total. The van der Waals surface area contributed by atoms with E-state index in [1.54, 1.807) is 24.3 Å². The number of benzene rings is 3. The Balaban J connectivity index is 1.75. The van der Waals surface area contributed by atoms with Gasteiger partial charge in [0.1, 0.15) is 12.1 Å². The highest BCUT2D eigenvalue weighted by atomic mass is 35.5. The summed E-state index contributed by atoms with van der Waals surface area (Å²) in [6, 6.07) is 18.1. The fourth-order valence-electron chi connectivity index (χ4n) is 5.12. The van der Waals surface area contributed by atoms with Gasteiger partial charge >= 0.3 is 0 Å². The Morgan fingerprint density at radius 1 is 1.08 bits per heavy atom. The third-order valence-corrected chi connectivity index (χ3v) is 7.23. The summed E-state index contributed by atoms with van der Waals surface area (Å²) in [7, 11) is 0. The second-order valence-electron chi connectivity index (χ2n) is 9.60. The number of halogens is 1. The lowest BCUT2D eigenvalue weighted by Crippen LogP contribution is -2.53. The smallest absolute Gasteiger partial charge is 0.250 e. The topological polar surface area (TPSA) is 113 Å². The number of hydrogen-bond donors (Lipinski definition) is 2. The molecule has 1 fully saturated rings. The van der Waals surface area contributed by atoms with Crippen LogP contribution in [0.25, 0.3) is 10.8 Å². The molecular weight excluding hydrogens is 504 g/mol. The van der Waals surface area contributed by atoms with Gasteiger partial charge in [0.05, 0.1) is 6.54 Å². The van der Waals surface area contributed by atoms with Crippen molar-refractivity contribution in [3.63, 3.8) is 0 Å². The zero-order chi connectivity index (χ0) is 27.4. The summed E-state index contributed by atoms with van der Waals surface area (Å²) < 4.78 is 0. The molecule has 1 heterocycles. The van der Waals surface area contributed by atoms with Crippen molar-refractivity contribution in [3.8, 4) is 0 Å². The van der Waals surface area contributed by atoms with Crippen molar-refractivity contribution in [1.29, 1.82) is 0 Å². The molecule has 0 unspecified atom stereocenters. The van der Waals surface area contributed by atoms with Gasteiger partial charge in [0.25, 0.3) is 5.91 Å². The standard InChI is InChI=1S/C29H31ClN4O4/c1-18-13-14-33(25(28(31)37)16-21-9-5-8-20-7-3-4-12-24(20)21)29(38)27(22-10-6-11-23(30)15-22)34(18)26(36)17-32-19(2)35/h3-12,15,18,25,27H,13-14,16-17H2,1-2H3,(H2,31,37)(H,32,35)/t18-,25-,27+/m1/s1. The van der Waals surface area contributed by atoms with Crippen LogP contribution in [0.5, 0.6) is 0 Å². The minimum Gasteiger partial charge on any atom is -0.368 e. The third kappa shape index (κ3) is 5.81. The Morgan fingerprint density at radius 2 is 1.79 bits per heavy atom. The van der Waals surface area contributed by atoms with Crippen molar-refractivity contribution in [1.82, 2.24) is 15.1 Å². The van der Waals surface area contributed by atoms with Crippen LogP contribution < -0.4 is 11.1 Å². The van der Waals surface area contributed by atoms with E-state index in [-0.39, 0.29) is 31.5 Å². The van der Waals surface area contributed by atoms with Crippen LogP contribution in [0.4, 0.5) is 0 Å². The highest BCUT2D eigenvalue weighted by Crippen LogP contribution is 2.33. The number of nitrogens with zero attached hydrogens (tertiary/aromatic N) is 2. The van der Waals surface area contributed by atoms with Crippen LogP contribution in [0, 0.1) is 0 Å². The Hall–Kier alpha value is -3.91. The van der Waals surface area contributed by atoms with Crippen molar-refractivity contribution in [2.24, 2.45) is 5.73 Å². The summed E-state index contributed by atoms with van der Waals surface area (Å²) in [6.45, 7) is 3.16. The summed E-state index contributed by atoms with van der Waals surface area (Å²) in [5, 5.41) is 4.95. The first-order chi connectivity index (χ1) is 18.2. The SMILES string of the molecule is CC(=O)NCC(=O)N1[C@H](C)CCN([C@H](Cc2cccc3ccccc23)C(N)=O)C(=O)[C@@H]1c1cccc(Cl)c1. The second kappa shape index (κ2) is 11.6. The van der Waals surface area contributed by atoms with Gasteiger partial charge in [0, 0.05) is 31.0 Å². The van der Waals surface area contributed by atoms with E-state index in [1.165, 1.54) is 16.7 Å². The molecule has 3 N–H and O–H groups in total. The van der Waals surface area contributed by atoms with E-state index in [9.17, 15) is 19.2 Å². The lowest BCUT2D eigenvalue weighted by molar-refractivity contribution is -0.148. The first-order valence-corrected chi connectivity index (χ1v) is 12.9. The van der Waals surface area contributed by atoms with Crippen molar-refractivity contribution in [2.75, 3.05) is 13.1 Å². The van der Waals surface area contributed by atoms with Crippen LogP contribution in [0.1, 0.15) is 37.4 Å². The maximum atomic E-state index is 14.2. The number of rotatable bonds is 7. The van der Waals surface area contributed by atoms with Gasteiger partial charge in [0.15, 0.2) is 0 Å². The number of nitrogens with two attached hydrogens (primary N) is 1. The summed E-state index contributed by atoms with van der Waals surface area (Å²) in [5.41, 5.74) is 7.33. The summed E-state index contributed by atoms with van der Waals surface area (Å²) in [5.74, 6) is -1.80. The van der Waals surface area contributed by atoms with Gasteiger partial charge in [-0.25, -0.2) is 0 Å². The first kappa shape index (κ1) is 27.1. The first-order valence-electron chi connectivity index (χ1n) is 12.5. The Morgan fingerprint density at radius 3 is 2.50 bits per heavy atom. The molecule has 1 aliphatic heterocycles. The van der Waals surface area contributed by atoms with E-state index in [4.69, 9.17) is 17.3 Å². The largest absolute Gasteiger partial charge is 0.368 e. The molecule has 38 heavy (non-hydrogen) atoms. The van der Waals surface area contributed by atoms with E-state index >= 15 is 0 Å². The molecule has 0 aromatic heterocycles. The van der Waals surface area contributed by atoms with Crippen LogP contribution >= 0.6 is 11.6 Å². The minimum atomic E-state index is -1.04. The molecule has 0 aliphatic carbocycles. The van der Waals surface area contributed by atoms with Gasteiger partial charge in [-0.15, -0.1) is 0 Å². The van der Waals surface area contributed by atoms with Crippen LogP contribution in [0.2, 0.25) is 5.02 Å². The molecule has 4 amide bonds. The molecule has 3 aromatic rings. The van der Waals surface area contributed by atoms with Crippen molar-refractivity contribution in [3.05, 3.63) is 82.9 Å². The fourth-order valence-corrected chi connectivity index (χ4v) is 5.32. The number of carbonyl (C=O) groups is 4. The molecule has 4 rings (SSSR count). The van der Waals surface area contributed by atoms with Gasteiger partial charge in [-0.1, -0.05) is 66.2 Å². The molecule has 0 spiro atoms. The van der Waals surface area contributed by atoms with Gasteiger partial charge in [-0.2, -0.15) is 0 Å². The van der Waals surface area contributed by atoms with Gasteiger partial charge in [0.2, 0.25) is 17.7 Å². The highest BCUT2D eigenvalue weighted by molar-refractivity contribution is 6.30. The number of nitrogens with one attached hydrogen (secondary N) is 1.